The van der Waals surface area contributed by atoms with Gasteiger partial charge >= 0.3 is 0 Å². The molecule has 1 aliphatic carbocycles. The standard InChI is InChI=1S/C18H27N3.2ClH/c1-14(19)18-8-7-17(21-11-9-20(2)10-12-21)13-16(18)6-5-15-3-4-15;;/h5-8,13-15H,3-4,9-12,19H2,1-2H3;2*1H/b6-5+;;/t14-;;/m0../s1. The second-order valence-corrected chi connectivity index (χ2v) is 6.59. The highest BCUT2D eigenvalue weighted by molar-refractivity contribution is 5.85. The summed E-state index contributed by atoms with van der Waals surface area (Å²) in [6, 6.07) is 6.86. The molecule has 0 radical (unpaired) electrons. The molecule has 1 saturated carbocycles. The zero-order valence-electron chi connectivity index (χ0n) is 14.1. The van der Waals surface area contributed by atoms with Gasteiger partial charge in [0.25, 0.3) is 0 Å². The zero-order valence-corrected chi connectivity index (χ0v) is 15.7. The number of benzene rings is 1. The molecule has 1 saturated heterocycles. The van der Waals surface area contributed by atoms with Crippen LogP contribution in [0.5, 0.6) is 0 Å². The molecule has 5 heteroatoms. The summed E-state index contributed by atoms with van der Waals surface area (Å²) >= 11 is 0. The van der Waals surface area contributed by atoms with Gasteiger partial charge in [0.05, 0.1) is 0 Å². The second-order valence-electron chi connectivity index (χ2n) is 6.59. The van der Waals surface area contributed by atoms with E-state index in [1.165, 1.54) is 29.7 Å². The van der Waals surface area contributed by atoms with E-state index in [0.29, 0.717) is 0 Å². The van der Waals surface area contributed by atoms with Gasteiger partial charge in [-0.25, -0.2) is 0 Å². The Morgan fingerprint density at radius 3 is 2.35 bits per heavy atom. The predicted molar refractivity (Wildman–Crippen MR) is 105 cm³/mol. The molecule has 2 aliphatic rings. The summed E-state index contributed by atoms with van der Waals surface area (Å²) in [7, 11) is 2.19. The van der Waals surface area contributed by atoms with Crippen molar-refractivity contribution in [3.8, 4) is 0 Å². The van der Waals surface area contributed by atoms with Gasteiger partial charge < -0.3 is 15.5 Å². The molecule has 23 heavy (non-hydrogen) atoms. The van der Waals surface area contributed by atoms with Gasteiger partial charge in [0.2, 0.25) is 0 Å². The van der Waals surface area contributed by atoms with Gasteiger partial charge in [-0.2, -0.15) is 0 Å². The second kappa shape index (κ2) is 8.93. The average Bonchev–Trinajstić information content (AvgIpc) is 3.29. The number of rotatable bonds is 4. The fraction of sp³-hybridized carbons (Fsp3) is 0.556. The molecule has 0 amide bonds. The molecule has 1 aromatic carbocycles. The number of allylic oxidation sites excluding steroid dienone is 1. The Bertz CT molecular complexity index is 519. The first-order valence-electron chi connectivity index (χ1n) is 8.14. The van der Waals surface area contributed by atoms with Gasteiger partial charge in [-0.3, -0.25) is 0 Å². The van der Waals surface area contributed by atoms with Gasteiger partial charge in [0, 0.05) is 37.9 Å². The van der Waals surface area contributed by atoms with Gasteiger partial charge in [-0.1, -0.05) is 18.2 Å². The lowest BCUT2D eigenvalue weighted by Gasteiger charge is -2.34. The number of likely N-dealkylation sites (N-methyl/N-ethyl adjacent to an activating group) is 1. The molecule has 1 atom stereocenters. The van der Waals surface area contributed by atoms with Crippen LogP contribution in [-0.4, -0.2) is 38.1 Å². The Morgan fingerprint density at radius 1 is 1.13 bits per heavy atom. The largest absolute Gasteiger partial charge is 0.369 e. The molecule has 2 fully saturated rings. The number of nitrogens with zero attached hydrogens (tertiary/aromatic N) is 2. The number of nitrogens with two attached hydrogens (primary N) is 1. The number of hydrogen-bond donors (Lipinski definition) is 1. The molecular weight excluding hydrogens is 329 g/mol. The molecular formula is C18H29Cl2N3. The molecule has 0 aromatic heterocycles. The first-order chi connectivity index (χ1) is 10.1. The van der Waals surface area contributed by atoms with E-state index in [4.69, 9.17) is 5.73 Å². The average molecular weight is 358 g/mol. The van der Waals surface area contributed by atoms with Crippen molar-refractivity contribution in [3.63, 3.8) is 0 Å². The highest BCUT2D eigenvalue weighted by atomic mass is 35.5. The maximum absolute atomic E-state index is 6.13. The minimum absolute atomic E-state index is 0. The van der Waals surface area contributed by atoms with Crippen LogP contribution in [0.25, 0.3) is 6.08 Å². The van der Waals surface area contributed by atoms with E-state index in [2.05, 4.69) is 54.1 Å². The summed E-state index contributed by atoms with van der Waals surface area (Å²) in [4.78, 5) is 4.88. The number of halogens is 2. The molecule has 2 N–H and O–H groups in total. The van der Waals surface area contributed by atoms with Gasteiger partial charge in [-0.05, 0) is 56.0 Å². The maximum atomic E-state index is 6.13. The minimum atomic E-state index is 0. The highest BCUT2D eigenvalue weighted by Crippen LogP contribution is 2.32. The van der Waals surface area contributed by atoms with Gasteiger partial charge in [-0.15, -0.1) is 24.8 Å². The smallest absolute Gasteiger partial charge is 0.0373 e. The number of hydrogen-bond acceptors (Lipinski definition) is 3. The Hall–Kier alpha value is -0.740. The molecule has 0 bridgehead atoms. The van der Waals surface area contributed by atoms with Gasteiger partial charge in [0.15, 0.2) is 0 Å². The topological polar surface area (TPSA) is 32.5 Å². The van der Waals surface area contributed by atoms with Crippen molar-refractivity contribution in [2.45, 2.75) is 25.8 Å². The summed E-state index contributed by atoms with van der Waals surface area (Å²) in [6.45, 7) is 6.57. The SMILES string of the molecule is C[C@H](N)c1ccc(N2CCN(C)CC2)cc1/C=C/C1CC1.Cl.Cl. The Kier molecular flexibility index (Phi) is 7.88. The summed E-state index contributed by atoms with van der Waals surface area (Å²) in [6.07, 6.45) is 7.34. The Labute approximate surface area is 152 Å². The van der Waals surface area contributed by atoms with E-state index in [0.717, 1.165) is 32.1 Å². The number of anilines is 1. The van der Waals surface area contributed by atoms with Crippen LogP contribution < -0.4 is 10.6 Å². The van der Waals surface area contributed by atoms with E-state index in [1.54, 1.807) is 0 Å². The quantitative estimate of drug-likeness (QED) is 0.890. The normalized spacial score (nSPS) is 20.0. The highest BCUT2D eigenvalue weighted by Gasteiger charge is 2.18. The van der Waals surface area contributed by atoms with Crippen LogP contribution in [0.3, 0.4) is 0 Å². The van der Waals surface area contributed by atoms with Crippen molar-refractivity contribution in [1.29, 1.82) is 0 Å². The fourth-order valence-electron chi connectivity index (χ4n) is 2.91. The minimum Gasteiger partial charge on any atom is -0.369 e. The Morgan fingerprint density at radius 2 is 1.78 bits per heavy atom. The number of piperazine rings is 1. The van der Waals surface area contributed by atoms with Crippen molar-refractivity contribution in [2.24, 2.45) is 11.7 Å². The molecule has 1 heterocycles. The third kappa shape index (κ3) is 5.39. The fourth-order valence-corrected chi connectivity index (χ4v) is 2.91. The first kappa shape index (κ1) is 20.3. The van der Waals surface area contributed by atoms with Crippen LogP contribution in [-0.2, 0) is 0 Å². The summed E-state index contributed by atoms with van der Waals surface area (Å²) in [5, 5.41) is 0. The predicted octanol–water partition coefficient (Wildman–Crippen LogP) is 3.72. The monoisotopic (exact) mass is 357 g/mol. The molecule has 0 spiro atoms. The van der Waals surface area contributed by atoms with Crippen molar-refractivity contribution >= 4 is 36.6 Å². The molecule has 1 aromatic rings. The third-order valence-corrected chi connectivity index (χ3v) is 4.60. The lowest BCUT2D eigenvalue weighted by atomic mass is 10.00. The molecule has 3 rings (SSSR count). The lowest BCUT2D eigenvalue weighted by molar-refractivity contribution is 0.313. The van der Waals surface area contributed by atoms with E-state index in [-0.39, 0.29) is 30.9 Å². The lowest BCUT2D eigenvalue weighted by Crippen LogP contribution is -2.44. The van der Waals surface area contributed by atoms with E-state index >= 15 is 0 Å². The molecule has 130 valence electrons. The molecule has 3 nitrogen and oxygen atoms in total. The van der Waals surface area contributed by atoms with Crippen LogP contribution in [0.2, 0.25) is 0 Å². The van der Waals surface area contributed by atoms with E-state index < -0.39 is 0 Å². The first-order valence-corrected chi connectivity index (χ1v) is 8.14. The Balaban J connectivity index is 0.00000132. The van der Waals surface area contributed by atoms with Crippen molar-refractivity contribution in [2.75, 3.05) is 38.1 Å². The molecule has 1 aliphatic heterocycles. The van der Waals surface area contributed by atoms with Crippen LogP contribution in [0.15, 0.2) is 24.3 Å². The zero-order chi connectivity index (χ0) is 14.8. The van der Waals surface area contributed by atoms with Gasteiger partial charge in [0.1, 0.15) is 0 Å². The summed E-state index contributed by atoms with van der Waals surface area (Å²) in [5.74, 6) is 0.804. The van der Waals surface area contributed by atoms with Crippen LogP contribution in [0, 0.1) is 5.92 Å². The van der Waals surface area contributed by atoms with Crippen LogP contribution >= 0.6 is 24.8 Å². The van der Waals surface area contributed by atoms with E-state index in [9.17, 15) is 0 Å². The van der Waals surface area contributed by atoms with Crippen LogP contribution in [0.1, 0.15) is 36.9 Å². The van der Waals surface area contributed by atoms with E-state index in [1.807, 2.05) is 0 Å². The maximum Gasteiger partial charge on any atom is 0.0373 e. The van der Waals surface area contributed by atoms with Crippen molar-refractivity contribution < 1.29 is 0 Å². The molecule has 0 unspecified atom stereocenters. The van der Waals surface area contributed by atoms with Crippen molar-refractivity contribution in [3.05, 3.63) is 35.4 Å². The van der Waals surface area contributed by atoms with Crippen molar-refractivity contribution in [1.82, 2.24) is 4.90 Å². The van der Waals surface area contributed by atoms with Crippen LogP contribution in [0.4, 0.5) is 5.69 Å². The summed E-state index contributed by atoms with van der Waals surface area (Å²) < 4.78 is 0. The third-order valence-electron chi connectivity index (χ3n) is 4.60. The summed E-state index contributed by atoms with van der Waals surface area (Å²) in [5.41, 5.74) is 10.0.